The van der Waals surface area contributed by atoms with Gasteiger partial charge < -0.3 is 10.7 Å². The van der Waals surface area contributed by atoms with Crippen molar-refractivity contribution in [2.24, 2.45) is 0 Å². The molecule has 3 heteroatoms. The maximum absolute atomic E-state index is 5.74. The van der Waals surface area contributed by atoms with Crippen LogP contribution in [-0.4, -0.2) is 4.98 Å². The summed E-state index contributed by atoms with van der Waals surface area (Å²) >= 11 is 1.58. The normalized spacial score (nSPS) is 10.9. The fourth-order valence-electron chi connectivity index (χ4n) is 1.80. The van der Waals surface area contributed by atoms with Crippen LogP contribution in [0.3, 0.4) is 0 Å². The van der Waals surface area contributed by atoms with E-state index in [2.05, 4.69) is 28.6 Å². The number of para-hydroxylation sites is 1. The molecular weight excluding hydrogens is 204 g/mol. The van der Waals surface area contributed by atoms with Crippen LogP contribution in [0.1, 0.15) is 0 Å². The van der Waals surface area contributed by atoms with Gasteiger partial charge in [-0.15, -0.1) is 11.3 Å². The molecule has 3 rings (SSSR count). The molecule has 0 spiro atoms. The Kier molecular flexibility index (Phi) is 1.79. The summed E-state index contributed by atoms with van der Waals surface area (Å²) in [6.45, 7) is 0. The predicted molar refractivity (Wildman–Crippen MR) is 66.0 cm³/mol. The molecule has 1 aromatic carbocycles. The van der Waals surface area contributed by atoms with E-state index in [-0.39, 0.29) is 0 Å². The second kappa shape index (κ2) is 3.14. The van der Waals surface area contributed by atoms with Gasteiger partial charge in [0.1, 0.15) is 0 Å². The van der Waals surface area contributed by atoms with E-state index in [1.54, 1.807) is 11.3 Å². The molecule has 0 aliphatic carbocycles. The summed E-state index contributed by atoms with van der Waals surface area (Å²) in [5.74, 6) is 0. The lowest BCUT2D eigenvalue weighted by Crippen LogP contribution is -1.75. The highest BCUT2D eigenvalue weighted by atomic mass is 32.1. The minimum atomic E-state index is 0.857. The number of thiophene rings is 1. The zero-order valence-electron chi connectivity index (χ0n) is 8.03. The number of nitrogens with two attached hydrogens (primary N) is 1. The van der Waals surface area contributed by atoms with Crippen LogP contribution >= 0.6 is 11.3 Å². The highest BCUT2D eigenvalue weighted by Crippen LogP contribution is 2.32. The van der Waals surface area contributed by atoms with E-state index in [1.165, 1.54) is 16.5 Å². The number of H-pyrrole nitrogens is 1. The van der Waals surface area contributed by atoms with Gasteiger partial charge in [0.25, 0.3) is 0 Å². The van der Waals surface area contributed by atoms with Crippen molar-refractivity contribution in [2.45, 2.75) is 0 Å². The lowest BCUT2D eigenvalue weighted by molar-refractivity contribution is 1.48. The van der Waals surface area contributed by atoms with E-state index < -0.39 is 0 Å². The van der Waals surface area contributed by atoms with Crippen molar-refractivity contribution in [1.82, 2.24) is 4.98 Å². The van der Waals surface area contributed by atoms with Gasteiger partial charge in [-0.1, -0.05) is 18.2 Å². The standard InChI is InChI=1S/C12H10N2S/c13-12-5-8(7-15-12)10-6-14-11-4-2-1-3-9(10)11/h1-7,14H,13H2. The summed E-state index contributed by atoms with van der Waals surface area (Å²) < 4.78 is 0. The molecule has 0 saturated heterocycles. The van der Waals surface area contributed by atoms with Crippen molar-refractivity contribution in [2.75, 3.05) is 5.73 Å². The third-order valence-electron chi connectivity index (χ3n) is 2.52. The smallest absolute Gasteiger partial charge is 0.0862 e. The van der Waals surface area contributed by atoms with E-state index in [9.17, 15) is 0 Å². The van der Waals surface area contributed by atoms with E-state index >= 15 is 0 Å². The molecule has 0 saturated carbocycles. The summed E-state index contributed by atoms with van der Waals surface area (Å²) in [5, 5.41) is 4.19. The summed E-state index contributed by atoms with van der Waals surface area (Å²) in [7, 11) is 0. The van der Waals surface area contributed by atoms with E-state index in [1.807, 2.05) is 18.3 Å². The quantitative estimate of drug-likeness (QED) is 0.639. The molecule has 0 aliphatic rings. The predicted octanol–water partition coefficient (Wildman–Crippen LogP) is 3.48. The summed E-state index contributed by atoms with van der Waals surface area (Å²) in [6, 6.07) is 10.3. The summed E-state index contributed by atoms with van der Waals surface area (Å²) in [6.07, 6.45) is 2.03. The zero-order chi connectivity index (χ0) is 10.3. The molecule has 0 aliphatic heterocycles. The first-order chi connectivity index (χ1) is 7.34. The third kappa shape index (κ3) is 1.32. The van der Waals surface area contributed by atoms with Crippen LogP contribution in [0.15, 0.2) is 41.9 Å². The van der Waals surface area contributed by atoms with Crippen molar-refractivity contribution in [3.8, 4) is 11.1 Å². The number of anilines is 1. The number of hydrogen-bond donors (Lipinski definition) is 2. The van der Waals surface area contributed by atoms with E-state index in [0.717, 1.165) is 10.5 Å². The molecule has 0 fully saturated rings. The van der Waals surface area contributed by atoms with Crippen LogP contribution in [0.5, 0.6) is 0 Å². The average molecular weight is 214 g/mol. The number of rotatable bonds is 1. The topological polar surface area (TPSA) is 41.8 Å². The number of benzene rings is 1. The van der Waals surface area contributed by atoms with E-state index in [4.69, 9.17) is 5.73 Å². The fourth-order valence-corrected chi connectivity index (χ4v) is 2.46. The molecule has 2 heterocycles. The number of fused-ring (bicyclic) bond motifs is 1. The third-order valence-corrected chi connectivity index (χ3v) is 3.28. The SMILES string of the molecule is Nc1cc(-c2c[nH]c3ccccc23)cs1. The Hall–Kier alpha value is -1.74. The Labute approximate surface area is 91.4 Å². The second-order valence-electron chi connectivity index (χ2n) is 3.49. The number of nitrogens with one attached hydrogen (secondary N) is 1. The van der Waals surface area contributed by atoms with Crippen LogP contribution in [0.2, 0.25) is 0 Å². The first kappa shape index (κ1) is 8.56. The number of aromatic nitrogens is 1. The average Bonchev–Trinajstić information content (AvgIpc) is 2.83. The highest BCUT2D eigenvalue weighted by molar-refractivity contribution is 7.14. The van der Waals surface area contributed by atoms with Crippen molar-refractivity contribution < 1.29 is 0 Å². The van der Waals surface area contributed by atoms with Gasteiger partial charge in [0.05, 0.1) is 5.00 Å². The molecule has 0 unspecified atom stereocenters. The Bertz CT molecular complexity index is 607. The zero-order valence-corrected chi connectivity index (χ0v) is 8.84. The highest BCUT2D eigenvalue weighted by Gasteiger charge is 2.06. The van der Waals surface area contributed by atoms with Gasteiger partial charge in [0.15, 0.2) is 0 Å². The molecule has 0 amide bonds. The Morgan fingerprint density at radius 1 is 1.20 bits per heavy atom. The second-order valence-corrected chi connectivity index (χ2v) is 4.43. The Balaban J connectivity index is 2.27. The molecule has 3 aromatic rings. The molecule has 3 N–H and O–H groups in total. The molecule has 74 valence electrons. The first-order valence-electron chi connectivity index (χ1n) is 4.75. The van der Waals surface area contributed by atoms with Crippen LogP contribution in [0.25, 0.3) is 22.0 Å². The van der Waals surface area contributed by atoms with Crippen molar-refractivity contribution in [3.63, 3.8) is 0 Å². The van der Waals surface area contributed by atoms with Gasteiger partial charge >= 0.3 is 0 Å². The van der Waals surface area contributed by atoms with Crippen LogP contribution in [0.4, 0.5) is 5.00 Å². The van der Waals surface area contributed by atoms with Crippen LogP contribution in [0, 0.1) is 0 Å². The minimum absolute atomic E-state index is 0.857. The van der Waals surface area contributed by atoms with Crippen molar-refractivity contribution in [3.05, 3.63) is 41.9 Å². The molecule has 15 heavy (non-hydrogen) atoms. The minimum Gasteiger partial charge on any atom is -0.391 e. The monoisotopic (exact) mass is 214 g/mol. The van der Waals surface area contributed by atoms with E-state index in [0.29, 0.717) is 0 Å². The fraction of sp³-hybridized carbons (Fsp3) is 0. The number of nitrogen functional groups attached to an aromatic ring is 1. The lowest BCUT2D eigenvalue weighted by Gasteiger charge is -1.93. The number of aromatic amines is 1. The summed E-state index contributed by atoms with van der Waals surface area (Å²) in [5.41, 5.74) is 9.31. The maximum atomic E-state index is 5.74. The first-order valence-corrected chi connectivity index (χ1v) is 5.63. The summed E-state index contributed by atoms with van der Waals surface area (Å²) in [4.78, 5) is 3.26. The van der Waals surface area contributed by atoms with Gasteiger partial charge in [0.2, 0.25) is 0 Å². The van der Waals surface area contributed by atoms with Crippen molar-refractivity contribution in [1.29, 1.82) is 0 Å². The molecular formula is C12H10N2S. The van der Waals surface area contributed by atoms with Gasteiger partial charge in [-0.3, -0.25) is 0 Å². The van der Waals surface area contributed by atoms with Gasteiger partial charge in [0, 0.05) is 28.0 Å². The maximum Gasteiger partial charge on any atom is 0.0862 e. The Morgan fingerprint density at radius 3 is 2.87 bits per heavy atom. The van der Waals surface area contributed by atoms with Crippen molar-refractivity contribution >= 4 is 27.2 Å². The number of hydrogen-bond acceptors (Lipinski definition) is 2. The molecule has 2 nitrogen and oxygen atoms in total. The Morgan fingerprint density at radius 2 is 2.07 bits per heavy atom. The van der Waals surface area contributed by atoms with Gasteiger partial charge in [-0.2, -0.15) is 0 Å². The van der Waals surface area contributed by atoms with Crippen LogP contribution < -0.4 is 5.73 Å². The lowest BCUT2D eigenvalue weighted by atomic mass is 10.1. The molecule has 0 atom stereocenters. The van der Waals surface area contributed by atoms with Crippen LogP contribution in [-0.2, 0) is 0 Å². The van der Waals surface area contributed by atoms with Gasteiger partial charge in [-0.05, 0) is 17.7 Å². The molecule has 0 radical (unpaired) electrons. The molecule has 2 aromatic heterocycles. The molecule has 0 bridgehead atoms. The largest absolute Gasteiger partial charge is 0.391 e. The van der Waals surface area contributed by atoms with Gasteiger partial charge in [-0.25, -0.2) is 0 Å².